The summed E-state index contributed by atoms with van der Waals surface area (Å²) in [6.45, 7) is 5.68. The summed E-state index contributed by atoms with van der Waals surface area (Å²) < 4.78 is 5.64. The van der Waals surface area contributed by atoms with E-state index in [4.69, 9.17) is 16.3 Å². The van der Waals surface area contributed by atoms with Crippen LogP contribution in [0, 0.1) is 0 Å². The number of guanidine groups is 1. The molecule has 2 aromatic heterocycles. The van der Waals surface area contributed by atoms with Crippen LogP contribution in [0.2, 0.25) is 5.02 Å². The number of hydrogen-bond acceptors (Lipinski definition) is 5. The lowest BCUT2D eigenvalue weighted by atomic mass is 10.3. The highest BCUT2D eigenvalue weighted by atomic mass is 127. The van der Waals surface area contributed by atoms with Crippen LogP contribution in [-0.4, -0.2) is 54.8 Å². The molecule has 3 rings (SSSR count). The molecule has 9 heteroatoms. The van der Waals surface area contributed by atoms with Gasteiger partial charge in [0, 0.05) is 38.1 Å². The maximum absolute atomic E-state index is 6.26. The molecule has 0 aromatic carbocycles. The standard InChI is InChI=1S/C19H25ClN6O.HI/c1-2-22-19(24-10-12-27-16-5-3-8-21-13-16)25-15-7-11-26(14-15)18-17(20)6-4-9-23-18;/h3-6,8-9,13,15H,2,7,10-12,14H2,1H3,(H2,22,24,25);1H. The molecule has 0 aliphatic carbocycles. The maximum Gasteiger partial charge on any atom is 0.191 e. The third-order valence-corrected chi connectivity index (χ3v) is 4.47. The molecule has 7 nitrogen and oxygen atoms in total. The van der Waals surface area contributed by atoms with Crippen LogP contribution in [0.25, 0.3) is 0 Å². The van der Waals surface area contributed by atoms with Crippen molar-refractivity contribution in [3.63, 3.8) is 0 Å². The van der Waals surface area contributed by atoms with Crippen LogP contribution in [0.1, 0.15) is 13.3 Å². The maximum atomic E-state index is 6.26. The number of aliphatic imine (C=N–C) groups is 1. The smallest absolute Gasteiger partial charge is 0.191 e. The van der Waals surface area contributed by atoms with Gasteiger partial charge < -0.3 is 20.3 Å². The Morgan fingerprint density at radius 1 is 1.36 bits per heavy atom. The molecule has 1 unspecified atom stereocenters. The molecule has 0 radical (unpaired) electrons. The number of ether oxygens (including phenoxy) is 1. The molecule has 1 aliphatic rings. The average Bonchev–Trinajstić information content (AvgIpc) is 3.15. The van der Waals surface area contributed by atoms with E-state index in [1.165, 1.54) is 0 Å². The molecule has 2 aromatic rings. The lowest BCUT2D eigenvalue weighted by molar-refractivity contribution is 0.327. The quantitative estimate of drug-likeness (QED) is 0.255. The van der Waals surface area contributed by atoms with Gasteiger partial charge in [0.25, 0.3) is 0 Å². The van der Waals surface area contributed by atoms with E-state index in [0.717, 1.165) is 43.6 Å². The van der Waals surface area contributed by atoms with Gasteiger partial charge in [0.1, 0.15) is 18.2 Å². The minimum Gasteiger partial charge on any atom is -0.490 e. The number of nitrogens with one attached hydrogen (secondary N) is 2. The Bertz CT molecular complexity index is 748. The van der Waals surface area contributed by atoms with Crippen LogP contribution in [0.3, 0.4) is 0 Å². The summed E-state index contributed by atoms with van der Waals surface area (Å²) in [4.78, 5) is 15.2. The van der Waals surface area contributed by atoms with Gasteiger partial charge in [-0.1, -0.05) is 11.6 Å². The van der Waals surface area contributed by atoms with Crippen molar-refractivity contribution >= 4 is 47.4 Å². The van der Waals surface area contributed by atoms with Gasteiger partial charge in [-0.3, -0.25) is 4.98 Å². The van der Waals surface area contributed by atoms with Crippen LogP contribution in [0.4, 0.5) is 5.82 Å². The zero-order chi connectivity index (χ0) is 18.9. The molecule has 28 heavy (non-hydrogen) atoms. The average molecular weight is 517 g/mol. The normalized spacial score (nSPS) is 16.4. The first-order valence-corrected chi connectivity index (χ1v) is 9.57. The van der Waals surface area contributed by atoms with Gasteiger partial charge >= 0.3 is 0 Å². The monoisotopic (exact) mass is 516 g/mol. The second kappa shape index (κ2) is 11.9. The Kier molecular flexibility index (Phi) is 9.56. The number of pyridine rings is 2. The van der Waals surface area contributed by atoms with Gasteiger partial charge in [-0.15, -0.1) is 24.0 Å². The van der Waals surface area contributed by atoms with Crippen molar-refractivity contribution in [3.05, 3.63) is 47.9 Å². The fraction of sp³-hybridized carbons (Fsp3) is 0.421. The molecule has 0 amide bonds. The van der Waals surface area contributed by atoms with E-state index in [-0.39, 0.29) is 24.0 Å². The SMILES string of the molecule is CCNC(=NCCOc1cccnc1)NC1CCN(c2ncccc2Cl)C1.I. The molecular formula is C19H26ClIN6O. The molecule has 1 atom stereocenters. The minimum atomic E-state index is 0. The van der Waals surface area contributed by atoms with Gasteiger partial charge in [0.05, 0.1) is 17.8 Å². The molecule has 0 saturated carbocycles. The molecular weight excluding hydrogens is 491 g/mol. The summed E-state index contributed by atoms with van der Waals surface area (Å²) >= 11 is 6.26. The highest BCUT2D eigenvalue weighted by Crippen LogP contribution is 2.25. The van der Waals surface area contributed by atoms with E-state index in [2.05, 4.69) is 37.4 Å². The zero-order valence-corrected chi connectivity index (χ0v) is 18.9. The predicted octanol–water partition coefficient (Wildman–Crippen LogP) is 2.96. The van der Waals surface area contributed by atoms with Crippen molar-refractivity contribution in [3.8, 4) is 5.75 Å². The summed E-state index contributed by atoms with van der Waals surface area (Å²) in [6.07, 6.45) is 6.20. The first kappa shape index (κ1) is 22.5. The van der Waals surface area contributed by atoms with Crippen LogP contribution in [-0.2, 0) is 0 Å². The Morgan fingerprint density at radius 3 is 2.96 bits per heavy atom. The fourth-order valence-corrected chi connectivity index (χ4v) is 3.19. The molecule has 1 saturated heterocycles. The molecule has 0 bridgehead atoms. The first-order valence-electron chi connectivity index (χ1n) is 9.19. The molecule has 3 heterocycles. The Labute approximate surface area is 188 Å². The topological polar surface area (TPSA) is 74.7 Å². The summed E-state index contributed by atoms with van der Waals surface area (Å²) in [7, 11) is 0. The predicted molar refractivity (Wildman–Crippen MR) is 124 cm³/mol. The van der Waals surface area contributed by atoms with Crippen LogP contribution < -0.4 is 20.3 Å². The molecule has 0 spiro atoms. The molecule has 2 N–H and O–H groups in total. The van der Waals surface area contributed by atoms with E-state index < -0.39 is 0 Å². The van der Waals surface area contributed by atoms with Gasteiger partial charge in [-0.05, 0) is 37.6 Å². The van der Waals surface area contributed by atoms with E-state index in [0.29, 0.717) is 24.2 Å². The van der Waals surface area contributed by atoms with Crippen molar-refractivity contribution in [1.82, 2.24) is 20.6 Å². The number of rotatable bonds is 7. The molecule has 152 valence electrons. The van der Waals surface area contributed by atoms with E-state index in [1.54, 1.807) is 18.6 Å². The van der Waals surface area contributed by atoms with Crippen molar-refractivity contribution in [1.29, 1.82) is 0 Å². The summed E-state index contributed by atoms with van der Waals surface area (Å²) in [5.41, 5.74) is 0. The third kappa shape index (κ3) is 6.66. The second-order valence-corrected chi connectivity index (χ2v) is 6.59. The van der Waals surface area contributed by atoms with Crippen LogP contribution >= 0.6 is 35.6 Å². The minimum absolute atomic E-state index is 0. The lowest BCUT2D eigenvalue weighted by Gasteiger charge is -2.20. The van der Waals surface area contributed by atoms with Gasteiger partial charge in [-0.25, -0.2) is 9.98 Å². The Balaban J connectivity index is 0.00000280. The highest BCUT2D eigenvalue weighted by Gasteiger charge is 2.25. The lowest BCUT2D eigenvalue weighted by Crippen LogP contribution is -2.44. The van der Waals surface area contributed by atoms with Crippen molar-refractivity contribution in [2.75, 3.05) is 37.7 Å². The van der Waals surface area contributed by atoms with Crippen molar-refractivity contribution in [2.24, 2.45) is 4.99 Å². The Hall–Kier alpha value is -1.81. The third-order valence-electron chi connectivity index (χ3n) is 4.18. The largest absolute Gasteiger partial charge is 0.490 e. The van der Waals surface area contributed by atoms with Crippen molar-refractivity contribution < 1.29 is 4.74 Å². The summed E-state index contributed by atoms with van der Waals surface area (Å²) in [6, 6.07) is 7.75. The van der Waals surface area contributed by atoms with E-state index in [1.807, 2.05) is 24.3 Å². The van der Waals surface area contributed by atoms with Crippen LogP contribution in [0.5, 0.6) is 5.75 Å². The summed E-state index contributed by atoms with van der Waals surface area (Å²) in [5, 5.41) is 7.46. The first-order chi connectivity index (χ1) is 13.3. The Morgan fingerprint density at radius 2 is 2.21 bits per heavy atom. The zero-order valence-electron chi connectivity index (χ0n) is 15.8. The highest BCUT2D eigenvalue weighted by molar-refractivity contribution is 14.0. The number of nitrogens with zero attached hydrogens (tertiary/aromatic N) is 4. The number of halogens is 2. The van der Waals surface area contributed by atoms with E-state index >= 15 is 0 Å². The van der Waals surface area contributed by atoms with Crippen LogP contribution in [0.15, 0.2) is 47.8 Å². The number of aromatic nitrogens is 2. The number of anilines is 1. The second-order valence-electron chi connectivity index (χ2n) is 6.18. The van der Waals surface area contributed by atoms with Crippen molar-refractivity contribution in [2.45, 2.75) is 19.4 Å². The molecule has 1 aliphatic heterocycles. The van der Waals surface area contributed by atoms with Gasteiger partial charge in [0.2, 0.25) is 0 Å². The van der Waals surface area contributed by atoms with Gasteiger partial charge in [0.15, 0.2) is 5.96 Å². The van der Waals surface area contributed by atoms with E-state index in [9.17, 15) is 0 Å². The molecule has 1 fully saturated rings. The fourth-order valence-electron chi connectivity index (χ4n) is 2.95. The van der Waals surface area contributed by atoms with Gasteiger partial charge in [-0.2, -0.15) is 0 Å². The summed E-state index contributed by atoms with van der Waals surface area (Å²) in [5.74, 6) is 2.39. The number of hydrogen-bond donors (Lipinski definition) is 2.